The van der Waals surface area contributed by atoms with Gasteiger partial charge >= 0.3 is 0 Å². The molecule has 1 amide bonds. The lowest BCUT2D eigenvalue weighted by atomic mass is 9.96. The van der Waals surface area contributed by atoms with E-state index in [2.05, 4.69) is 22.2 Å². The van der Waals surface area contributed by atoms with Gasteiger partial charge in [0.05, 0.1) is 5.69 Å². The Labute approximate surface area is 142 Å². The Kier molecular flexibility index (Phi) is 4.69. The minimum Gasteiger partial charge on any atom is -0.342 e. The van der Waals surface area contributed by atoms with Crippen LogP contribution in [0.4, 0.5) is 0 Å². The molecule has 3 rings (SSSR count). The lowest BCUT2D eigenvalue weighted by molar-refractivity contribution is -0.132. The standard InChI is InChI=1S/C17H26N6O/c1-12-15(13(2)22(4)20-12)7-8-16(24)23-9-5-6-14(10-23)17-19-18-11-21(17)3/h11,14H,5-10H2,1-4H3. The first kappa shape index (κ1) is 16.7. The molecule has 130 valence electrons. The number of hydrogen-bond acceptors (Lipinski definition) is 4. The number of piperidine rings is 1. The van der Waals surface area contributed by atoms with Crippen LogP contribution in [0.1, 0.15) is 48.0 Å². The van der Waals surface area contributed by atoms with Crippen molar-refractivity contribution in [2.24, 2.45) is 14.1 Å². The first-order valence-electron chi connectivity index (χ1n) is 8.58. The topological polar surface area (TPSA) is 68.8 Å². The summed E-state index contributed by atoms with van der Waals surface area (Å²) in [6.45, 7) is 5.66. The Morgan fingerprint density at radius 2 is 2.12 bits per heavy atom. The van der Waals surface area contributed by atoms with Crippen molar-refractivity contribution in [1.29, 1.82) is 0 Å². The molecule has 0 N–H and O–H groups in total. The molecule has 1 unspecified atom stereocenters. The van der Waals surface area contributed by atoms with E-state index in [1.54, 1.807) is 6.33 Å². The molecule has 1 atom stereocenters. The second-order valence-electron chi connectivity index (χ2n) is 6.75. The van der Waals surface area contributed by atoms with Gasteiger partial charge in [-0.2, -0.15) is 5.10 Å². The van der Waals surface area contributed by atoms with E-state index in [4.69, 9.17) is 0 Å². The normalized spacial score (nSPS) is 18.2. The predicted octanol–water partition coefficient (Wildman–Crippen LogP) is 1.50. The first-order chi connectivity index (χ1) is 11.5. The molecule has 0 saturated carbocycles. The van der Waals surface area contributed by atoms with Crippen molar-refractivity contribution in [3.05, 3.63) is 29.1 Å². The van der Waals surface area contributed by atoms with E-state index in [0.717, 1.165) is 49.6 Å². The highest BCUT2D eigenvalue weighted by Crippen LogP contribution is 2.25. The van der Waals surface area contributed by atoms with Crippen LogP contribution in [-0.2, 0) is 25.3 Å². The van der Waals surface area contributed by atoms with Crippen LogP contribution < -0.4 is 0 Å². The Morgan fingerprint density at radius 1 is 1.33 bits per heavy atom. The third-order valence-corrected chi connectivity index (χ3v) is 5.13. The number of aromatic nitrogens is 5. The minimum atomic E-state index is 0.226. The van der Waals surface area contributed by atoms with Crippen LogP contribution in [0.3, 0.4) is 0 Å². The molecule has 0 aliphatic carbocycles. The molecule has 7 heteroatoms. The van der Waals surface area contributed by atoms with Crippen LogP contribution in [0.2, 0.25) is 0 Å². The van der Waals surface area contributed by atoms with E-state index in [1.807, 2.05) is 35.2 Å². The molecule has 7 nitrogen and oxygen atoms in total. The van der Waals surface area contributed by atoms with Crippen molar-refractivity contribution in [2.75, 3.05) is 13.1 Å². The summed E-state index contributed by atoms with van der Waals surface area (Å²) < 4.78 is 3.85. The summed E-state index contributed by atoms with van der Waals surface area (Å²) in [4.78, 5) is 14.6. The molecule has 0 bridgehead atoms. The summed E-state index contributed by atoms with van der Waals surface area (Å²) in [5, 5.41) is 12.6. The second-order valence-corrected chi connectivity index (χ2v) is 6.75. The molecule has 1 aliphatic heterocycles. The fourth-order valence-corrected chi connectivity index (χ4v) is 3.65. The van der Waals surface area contributed by atoms with Crippen LogP contribution in [-0.4, -0.2) is 48.4 Å². The van der Waals surface area contributed by atoms with E-state index in [0.29, 0.717) is 6.42 Å². The molecule has 0 aromatic carbocycles. The van der Waals surface area contributed by atoms with Crippen LogP contribution >= 0.6 is 0 Å². The number of carbonyl (C=O) groups excluding carboxylic acids is 1. The molecule has 2 aromatic rings. The van der Waals surface area contributed by atoms with Gasteiger partial charge < -0.3 is 9.47 Å². The van der Waals surface area contributed by atoms with E-state index in [9.17, 15) is 4.79 Å². The van der Waals surface area contributed by atoms with Gasteiger partial charge in [-0.25, -0.2) is 0 Å². The molecule has 3 heterocycles. The van der Waals surface area contributed by atoms with Gasteiger partial charge in [0.15, 0.2) is 0 Å². The number of likely N-dealkylation sites (tertiary alicyclic amines) is 1. The highest BCUT2D eigenvalue weighted by Gasteiger charge is 2.27. The average Bonchev–Trinajstić information content (AvgIpc) is 3.09. The van der Waals surface area contributed by atoms with Crippen molar-refractivity contribution in [2.45, 2.75) is 45.4 Å². The summed E-state index contributed by atoms with van der Waals surface area (Å²) in [5.74, 6) is 1.49. The Bertz CT molecular complexity index is 732. The van der Waals surface area contributed by atoms with E-state index in [-0.39, 0.29) is 11.8 Å². The van der Waals surface area contributed by atoms with Crippen molar-refractivity contribution in [3.8, 4) is 0 Å². The number of aryl methyl sites for hydroxylation is 3. The lowest BCUT2D eigenvalue weighted by Gasteiger charge is -2.32. The quantitative estimate of drug-likeness (QED) is 0.852. The number of carbonyl (C=O) groups is 1. The maximum atomic E-state index is 12.7. The van der Waals surface area contributed by atoms with Crippen molar-refractivity contribution < 1.29 is 4.79 Å². The molecule has 1 aliphatic rings. The van der Waals surface area contributed by atoms with Gasteiger partial charge in [0.2, 0.25) is 5.91 Å². The average molecular weight is 330 g/mol. The summed E-state index contributed by atoms with van der Waals surface area (Å²) >= 11 is 0. The molecule has 2 aromatic heterocycles. The molecular weight excluding hydrogens is 304 g/mol. The van der Waals surface area contributed by atoms with Crippen molar-refractivity contribution >= 4 is 5.91 Å². The van der Waals surface area contributed by atoms with Gasteiger partial charge in [-0.3, -0.25) is 9.48 Å². The zero-order valence-electron chi connectivity index (χ0n) is 15.0. The Hall–Kier alpha value is -2.18. The number of hydrogen-bond donors (Lipinski definition) is 0. The molecular formula is C17H26N6O. The number of nitrogens with zero attached hydrogens (tertiary/aromatic N) is 6. The fourth-order valence-electron chi connectivity index (χ4n) is 3.65. The maximum Gasteiger partial charge on any atom is 0.222 e. The van der Waals surface area contributed by atoms with Crippen molar-refractivity contribution in [1.82, 2.24) is 29.4 Å². The number of amides is 1. The molecule has 1 fully saturated rings. The molecule has 1 saturated heterocycles. The predicted molar refractivity (Wildman–Crippen MR) is 90.6 cm³/mol. The zero-order valence-corrected chi connectivity index (χ0v) is 15.0. The molecule has 24 heavy (non-hydrogen) atoms. The summed E-state index contributed by atoms with van der Waals surface area (Å²) in [6, 6.07) is 0. The summed E-state index contributed by atoms with van der Waals surface area (Å²) in [7, 11) is 3.91. The van der Waals surface area contributed by atoms with E-state index < -0.39 is 0 Å². The van der Waals surface area contributed by atoms with Crippen molar-refractivity contribution in [3.63, 3.8) is 0 Å². The van der Waals surface area contributed by atoms with Gasteiger partial charge in [-0.1, -0.05) is 0 Å². The van der Waals surface area contributed by atoms with Crippen LogP contribution in [0, 0.1) is 13.8 Å². The van der Waals surface area contributed by atoms with Gasteiger partial charge in [0.25, 0.3) is 0 Å². The highest BCUT2D eigenvalue weighted by molar-refractivity contribution is 5.76. The van der Waals surface area contributed by atoms with Gasteiger partial charge in [0, 0.05) is 45.2 Å². The highest BCUT2D eigenvalue weighted by atomic mass is 16.2. The van der Waals surface area contributed by atoms with Gasteiger partial charge in [-0.15, -0.1) is 10.2 Å². The van der Waals surface area contributed by atoms with Crippen LogP contribution in [0.5, 0.6) is 0 Å². The fraction of sp³-hybridized carbons (Fsp3) is 0.647. The zero-order chi connectivity index (χ0) is 17.3. The van der Waals surface area contributed by atoms with E-state index in [1.165, 1.54) is 5.56 Å². The first-order valence-corrected chi connectivity index (χ1v) is 8.58. The van der Waals surface area contributed by atoms with Gasteiger partial charge in [0.1, 0.15) is 12.2 Å². The van der Waals surface area contributed by atoms with Crippen LogP contribution in [0.25, 0.3) is 0 Å². The molecule has 0 spiro atoms. The second kappa shape index (κ2) is 6.75. The van der Waals surface area contributed by atoms with Gasteiger partial charge in [-0.05, 0) is 38.7 Å². The summed E-state index contributed by atoms with van der Waals surface area (Å²) in [5.41, 5.74) is 3.38. The smallest absolute Gasteiger partial charge is 0.222 e. The third-order valence-electron chi connectivity index (χ3n) is 5.13. The number of rotatable bonds is 4. The summed E-state index contributed by atoms with van der Waals surface area (Å²) in [6.07, 6.45) is 5.11. The molecule has 0 radical (unpaired) electrons. The minimum absolute atomic E-state index is 0.226. The third kappa shape index (κ3) is 3.20. The lowest BCUT2D eigenvalue weighted by Crippen LogP contribution is -2.39. The SMILES string of the molecule is Cc1nn(C)c(C)c1CCC(=O)N1CCCC(c2nncn2C)C1. The van der Waals surface area contributed by atoms with Crippen LogP contribution in [0.15, 0.2) is 6.33 Å². The largest absolute Gasteiger partial charge is 0.342 e. The maximum absolute atomic E-state index is 12.7. The van der Waals surface area contributed by atoms with E-state index >= 15 is 0 Å². The Morgan fingerprint density at radius 3 is 2.75 bits per heavy atom. The Balaban J connectivity index is 1.61. The monoisotopic (exact) mass is 330 g/mol.